The Morgan fingerprint density at radius 2 is 1.56 bits per heavy atom. The monoisotopic (exact) mass is 453 g/mol. The topological polar surface area (TPSA) is 97.3 Å². The molecule has 4 rings (SSSR count). The van der Waals surface area contributed by atoms with Crippen molar-refractivity contribution in [1.29, 1.82) is 5.26 Å². The number of rotatable bonds is 6. The van der Waals surface area contributed by atoms with Crippen LogP contribution in [0.2, 0.25) is 0 Å². The smallest absolute Gasteiger partial charge is 0.323 e. The van der Waals surface area contributed by atoms with Crippen LogP contribution in [-0.4, -0.2) is 25.0 Å². The van der Waals surface area contributed by atoms with Gasteiger partial charge in [0.15, 0.2) is 0 Å². The average molecular weight is 454 g/mol. The summed E-state index contributed by atoms with van der Waals surface area (Å²) in [5.41, 5.74) is 4.03. The van der Waals surface area contributed by atoms with Crippen molar-refractivity contribution in [3.63, 3.8) is 0 Å². The van der Waals surface area contributed by atoms with E-state index in [1.54, 1.807) is 30.3 Å². The molecule has 172 valence electrons. The Labute approximate surface area is 199 Å². The summed E-state index contributed by atoms with van der Waals surface area (Å²) in [6, 6.07) is 23.3. The maximum absolute atomic E-state index is 13.3. The third kappa shape index (κ3) is 5.54. The zero-order chi connectivity index (χ0) is 23.9. The average Bonchev–Trinajstić information content (AvgIpc) is 3.40. The van der Waals surface area contributed by atoms with E-state index in [1.165, 1.54) is 0 Å². The van der Waals surface area contributed by atoms with Gasteiger partial charge in [0.25, 0.3) is 5.91 Å². The van der Waals surface area contributed by atoms with Gasteiger partial charge in [0.1, 0.15) is 0 Å². The molecule has 0 spiro atoms. The Morgan fingerprint density at radius 1 is 0.912 bits per heavy atom. The van der Waals surface area contributed by atoms with Crippen molar-refractivity contribution < 1.29 is 9.59 Å². The number of carbonyl (C=O) groups excluding carboxylic acids is 2. The molecular weight excluding hydrogens is 426 g/mol. The van der Waals surface area contributed by atoms with Crippen molar-refractivity contribution in [3.8, 4) is 6.07 Å². The molecule has 3 amide bonds. The molecule has 0 saturated carbocycles. The van der Waals surface area contributed by atoms with Crippen LogP contribution in [0.3, 0.4) is 0 Å². The van der Waals surface area contributed by atoms with Crippen LogP contribution in [0.15, 0.2) is 72.8 Å². The lowest BCUT2D eigenvalue weighted by molar-refractivity contribution is 0.0940. The number of hydrogen-bond donors (Lipinski definition) is 3. The summed E-state index contributed by atoms with van der Waals surface area (Å²) in [5, 5.41) is 17.5. The summed E-state index contributed by atoms with van der Waals surface area (Å²) in [7, 11) is 0. The molecule has 0 radical (unpaired) electrons. The summed E-state index contributed by atoms with van der Waals surface area (Å²) >= 11 is 0. The van der Waals surface area contributed by atoms with E-state index in [-0.39, 0.29) is 11.9 Å². The lowest BCUT2D eigenvalue weighted by atomic mass is 10.1. The van der Waals surface area contributed by atoms with Crippen LogP contribution >= 0.6 is 0 Å². The van der Waals surface area contributed by atoms with Crippen molar-refractivity contribution in [1.82, 2.24) is 5.32 Å². The first kappa shape index (κ1) is 22.9. The van der Waals surface area contributed by atoms with Gasteiger partial charge in [0.2, 0.25) is 0 Å². The van der Waals surface area contributed by atoms with Crippen molar-refractivity contribution >= 4 is 29.0 Å². The van der Waals surface area contributed by atoms with Crippen LogP contribution in [0.5, 0.6) is 0 Å². The Kier molecular flexibility index (Phi) is 7.09. The van der Waals surface area contributed by atoms with Crippen LogP contribution in [0.4, 0.5) is 21.9 Å². The number of urea groups is 1. The fourth-order valence-corrected chi connectivity index (χ4v) is 4.05. The van der Waals surface area contributed by atoms with E-state index in [2.05, 4.69) is 20.9 Å². The molecule has 1 unspecified atom stereocenters. The van der Waals surface area contributed by atoms with Gasteiger partial charge in [-0.1, -0.05) is 30.3 Å². The Morgan fingerprint density at radius 3 is 2.24 bits per heavy atom. The molecule has 3 aromatic rings. The molecule has 0 aromatic heterocycles. The molecule has 1 heterocycles. The van der Waals surface area contributed by atoms with Crippen molar-refractivity contribution in [2.75, 3.05) is 28.6 Å². The predicted octanol–water partition coefficient (Wildman–Crippen LogP) is 5.29. The second-order valence-corrected chi connectivity index (χ2v) is 8.30. The first-order chi connectivity index (χ1) is 16.5. The van der Waals surface area contributed by atoms with Crippen LogP contribution in [0.1, 0.15) is 47.3 Å². The van der Waals surface area contributed by atoms with Crippen molar-refractivity contribution in [2.45, 2.75) is 25.8 Å². The largest absolute Gasteiger partial charge is 0.371 e. The summed E-state index contributed by atoms with van der Waals surface area (Å²) < 4.78 is 0. The molecule has 7 heteroatoms. The van der Waals surface area contributed by atoms with Gasteiger partial charge in [-0.15, -0.1) is 0 Å². The summed E-state index contributed by atoms with van der Waals surface area (Å²) in [6.45, 7) is 3.76. The van der Waals surface area contributed by atoms with Gasteiger partial charge < -0.3 is 20.9 Å². The molecule has 1 aliphatic rings. The van der Waals surface area contributed by atoms with E-state index in [0.29, 0.717) is 22.5 Å². The van der Waals surface area contributed by atoms with Crippen LogP contribution in [-0.2, 0) is 0 Å². The van der Waals surface area contributed by atoms with E-state index >= 15 is 0 Å². The molecule has 0 bridgehead atoms. The van der Waals surface area contributed by atoms with Crippen molar-refractivity contribution in [2.24, 2.45) is 0 Å². The molecular formula is C27H27N5O2. The van der Waals surface area contributed by atoms with Crippen LogP contribution in [0, 0.1) is 11.3 Å². The molecule has 3 aromatic carbocycles. The maximum atomic E-state index is 13.3. The number of nitrogens with one attached hydrogen (secondary N) is 3. The number of anilines is 3. The standard InChI is InChI=1S/C27H27N5O2/c1-19(21-7-3-2-4-8-21)29-26(33)24-17-23(13-14-25(24)32-15-5-6-16-32)31-27(34)30-22-11-9-20(18-28)10-12-22/h2-4,7-14,17,19H,5-6,15-16H2,1H3,(H,29,33)(H2,30,31,34). The highest BCUT2D eigenvalue weighted by atomic mass is 16.2. The van der Waals surface area contributed by atoms with Gasteiger partial charge in [0, 0.05) is 30.2 Å². The van der Waals surface area contributed by atoms with Gasteiger partial charge in [-0.05, 0) is 67.8 Å². The third-order valence-electron chi connectivity index (χ3n) is 5.86. The van der Waals surface area contributed by atoms with Gasteiger partial charge in [-0.25, -0.2) is 4.79 Å². The Hall–Kier alpha value is -4.31. The van der Waals surface area contributed by atoms with Gasteiger partial charge in [-0.2, -0.15) is 5.26 Å². The molecule has 1 aliphatic heterocycles. The number of carbonyl (C=O) groups is 2. The molecule has 3 N–H and O–H groups in total. The number of benzene rings is 3. The number of nitrogens with zero attached hydrogens (tertiary/aromatic N) is 2. The molecule has 1 atom stereocenters. The van der Waals surface area contributed by atoms with Gasteiger partial charge >= 0.3 is 6.03 Å². The highest BCUT2D eigenvalue weighted by Gasteiger charge is 2.22. The summed E-state index contributed by atoms with van der Waals surface area (Å²) in [4.78, 5) is 28.0. The van der Waals surface area contributed by atoms with E-state index in [9.17, 15) is 9.59 Å². The quantitative estimate of drug-likeness (QED) is 0.472. The zero-order valence-corrected chi connectivity index (χ0v) is 19.0. The molecule has 34 heavy (non-hydrogen) atoms. The minimum Gasteiger partial charge on any atom is -0.371 e. The molecule has 1 fully saturated rings. The predicted molar refractivity (Wildman–Crippen MR) is 134 cm³/mol. The van der Waals surface area contributed by atoms with Crippen molar-refractivity contribution in [3.05, 3.63) is 89.5 Å². The van der Waals surface area contributed by atoms with E-state index in [0.717, 1.165) is 37.2 Å². The molecule has 7 nitrogen and oxygen atoms in total. The normalized spacial score (nSPS) is 13.6. The highest BCUT2D eigenvalue weighted by molar-refractivity contribution is 6.04. The minimum absolute atomic E-state index is 0.156. The van der Waals surface area contributed by atoms with Crippen LogP contribution in [0.25, 0.3) is 0 Å². The maximum Gasteiger partial charge on any atom is 0.323 e. The minimum atomic E-state index is -0.428. The third-order valence-corrected chi connectivity index (χ3v) is 5.86. The number of hydrogen-bond acceptors (Lipinski definition) is 4. The van der Waals surface area contributed by atoms with E-state index in [4.69, 9.17) is 5.26 Å². The Balaban J connectivity index is 1.52. The summed E-state index contributed by atoms with van der Waals surface area (Å²) in [5.74, 6) is -0.186. The van der Waals surface area contributed by atoms with Gasteiger partial charge in [0.05, 0.1) is 23.2 Å². The summed E-state index contributed by atoms with van der Waals surface area (Å²) in [6.07, 6.45) is 2.18. The lowest BCUT2D eigenvalue weighted by Crippen LogP contribution is -2.30. The van der Waals surface area contributed by atoms with E-state index in [1.807, 2.05) is 55.5 Å². The molecule has 1 saturated heterocycles. The first-order valence-electron chi connectivity index (χ1n) is 11.4. The second-order valence-electron chi connectivity index (χ2n) is 8.30. The highest BCUT2D eigenvalue weighted by Crippen LogP contribution is 2.28. The molecule has 0 aliphatic carbocycles. The van der Waals surface area contributed by atoms with Gasteiger partial charge in [-0.3, -0.25) is 4.79 Å². The SMILES string of the molecule is CC(NC(=O)c1cc(NC(=O)Nc2ccc(C#N)cc2)ccc1N1CCCC1)c1ccccc1. The number of amides is 3. The van der Waals surface area contributed by atoms with E-state index < -0.39 is 6.03 Å². The fourth-order valence-electron chi connectivity index (χ4n) is 4.05. The number of nitriles is 1. The lowest BCUT2D eigenvalue weighted by Gasteiger charge is -2.23. The fraction of sp³-hybridized carbons (Fsp3) is 0.222. The second kappa shape index (κ2) is 10.5. The zero-order valence-electron chi connectivity index (χ0n) is 19.0. The van der Waals surface area contributed by atoms with Crippen LogP contribution < -0.4 is 20.9 Å². The first-order valence-corrected chi connectivity index (χ1v) is 11.4. The Bertz CT molecular complexity index is 1200.